The molecule has 4 amide bonds. The first kappa shape index (κ1) is 21.9. The molecule has 0 aromatic heterocycles. The van der Waals surface area contributed by atoms with Crippen LogP contribution in [-0.4, -0.2) is 88.7 Å². The Bertz CT molecular complexity index is 965. The Balaban J connectivity index is 1.25. The number of fused-ring (bicyclic) bond motifs is 1. The molecular formula is C21H24N4O7. The summed E-state index contributed by atoms with van der Waals surface area (Å²) >= 11 is 0. The van der Waals surface area contributed by atoms with Crippen molar-refractivity contribution < 1.29 is 28.8 Å². The first-order chi connectivity index (χ1) is 15.4. The van der Waals surface area contributed by atoms with Gasteiger partial charge in [-0.15, -0.1) is 0 Å². The van der Waals surface area contributed by atoms with E-state index in [1.54, 1.807) is 9.80 Å². The minimum Gasteiger partial charge on any atom is -0.368 e. The zero-order chi connectivity index (χ0) is 22.8. The molecule has 0 radical (unpaired) electrons. The highest BCUT2D eigenvalue weighted by Crippen LogP contribution is 2.27. The highest BCUT2D eigenvalue weighted by Gasteiger charge is 2.37. The van der Waals surface area contributed by atoms with Crippen molar-refractivity contribution in [2.45, 2.75) is 31.8 Å². The van der Waals surface area contributed by atoms with E-state index in [2.05, 4.69) is 0 Å². The van der Waals surface area contributed by atoms with Crippen molar-refractivity contribution in [1.29, 1.82) is 0 Å². The van der Waals surface area contributed by atoms with Crippen LogP contribution in [0.3, 0.4) is 0 Å². The van der Waals surface area contributed by atoms with Gasteiger partial charge < -0.3 is 14.5 Å². The first-order valence-corrected chi connectivity index (χ1v) is 10.7. The van der Waals surface area contributed by atoms with Gasteiger partial charge in [0.2, 0.25) is 5.91 Å². The standard InChI is InChI=1S/C21H24N4O7/c26-18(22-8-10-23(11-9-22)21(29)17-3-2-12-32-17)4-1-7-24-19(27)15-6-5-14(25(30)31)13-16(15)20(24)28/h5-6,13,17H,1-4,7-12H2. The Hall–Kier alpha value is -3.34. The lowest BCUT2D eigenvalue weighted by Crippen LogP contribution is -2.52. The molecular weight excluding hydrogens is 420 g/mol. The minimum atomic E-state index is -0.618. The number of hydrogen-bond donors (Lipinski definition) is 0. The number of hydrogen-bond acceptors (Lipinski definition) is 7. The lowest BCUT2D eigenvalue weighted by atomic mass is 10.1. The number of ether oxygens (including phenoxy) is 1. The van der Waals surface area contributed by atoms with Crippen molar-refractivity contribution in [2.75, 3.05) is 39.3 Å². The van der Waals surface area contributed by atoms with Gasteiger partial charge in [-0.1, -0.05) is 0 Å². The summed E-state index contributed by atoms with van der Waals surface area (Å²) in [6.45, 7) is 2.47. The molecule has 0 aliphatic carbocycles. The van der Waals surface area contributed by atoms with Crippen molar-refractivity contribution in [3.05, 3.63) is 39.4 Å². The number of carbonyl (C=O) groups is 4. The third-order valence-electron chi connectivity index (χ3n) is 6.09. The summed E-state index contributed by atoms with van der Waals surface area (Å²) in [6.07, 6.45) is 1.72. The van der Waals surface area contributed by atoms with Gasteiger partial charge in [0.05, 0.1) is 16.1 Å². The van der Waals surface area contributed by atoms with E-state index < -0.39 is 16.7 Å². The third-order valence-corrected chi connectivity index (χ3v) is 6.09. The van der Waals surface area contributed by atoms with Crippen LogP contribution in [0.15, 0.2) is 18.2 Å². The van der Waals surface area contributed by atoms with E-state index in [9.17, 15) is 29.3 Å². The van der Waals surface area contributed by atoms with E-state index in [0.29, 0.717) is 39.2 Å². The maximum atomic E-state index is 12.5. The van der Waals surface area contributed by atoms with Gasteiger partial charge in [0.1, 0.15) is 6.10 Å². The van der Waals surface area contributed by atoms with E-state index in [-0.39, 0.29) is 47.7 Å². The van der Waals surface area contributed by atoms with Gasteiger partial charge in [0.25, 0.3) is 23.4 Å². The molecule has 0 saturated carbocycles. The Morgan fingerprint density at radius 3 is 2.41 bits per heavy atom. The molecule has 32 heavy (non-hydrogen) atoms. The fourth-order valence-corrected chi connectivity index (χ4v) is 4.29. The van der Waals surface area contributed by atoms with Crippen LogP contribution in [0.4, 0.5) is 5.69 Å². The average molecular weight is 444 g/mol. The van der Waals surface area contributed by atoms with Crippen LogP contribution in [0.5, 0.6) is 0 Å². The molecule has 1 atom stereocenters. The summed E-state index contributed by atoms with van der Waals surface area (Å²) in [6, 6.07) is 3.59. The average Bonchev–Trinajstić information content (AvgIpc) is 3.42. The number of imide groups is 1. The summed E-state index contributed by atoms with van der Waals surface area (Å²) in [5.41, 5.74) is -0.0967. The van der Waals surface area contributed by atoms with Crippen LogP contribution >= 0.6 is 0 Å². The Kier molecular flexibility index (Phi) is 6.17. The van der Waals surface area contributed by atoms with E-state index >= 15 is 0 Å². The monoisotopic (exact) mass is 444 g/mol. The zero-order valence-corrected chi connectivity index (χ0v) is 17.5. The number of nitro benzene ring substituents is 1. The summed E-state index contributed by atoms with van der Waals surface area (Å²) in [5, 5.41) is 10.9. The molecule has 0 bridgehead atoms. The van der Waals surface area contributed by atoms with Crippen molar-refractivity contribution >= 4 is 29.3 Å². The van der Waals surface area contributed by atoms with Crippen molar-refractivity contribution in [3.8, 4) is 0 Å². The molecule has 3 aliphatic rings. The highest BCUT2D eigenvalue weighted by atomic mass is 16.6. The maximum absolute atomic E-state index is 12.5. The summed E-state index contributed by atoms with van der Waals surface area (Å²) in [7, 11) is 0. The molecule has 11 heteroatoms. The lowest BCUT2D eigenvalue weighted by Gasteiger charge is -2.35. The fraction of sp³-hybridized carbons (Fsp3) is 0.524. The van der Waals surface area contributed by atoms with Crippen molar-refractivity contribution in [3.63, 3.8) is 0 Å². The number of benzene rings is 1. The predicted molar refractivity (Wildman–Crippen MR) is 110 cm³/mol. The number of nitrogens with zero attached hydrogens (tertiary/aromatic N) is 4. The van der Waals surface area contributed by atoms with Gasteiger partial charge >= 0.3 is 0 Å². The van der Waals surface area contributed by atoms with E-state index in [1.807, 2.05) is 0 Å². The Labute approximate surface area is 184 Å². The van der Waals surface area contributed by atoms with Gasteiger partial charge in [-0.25, -0.2) is 0 Å². The number of nitro groups is 1. The summed E-state index contributed by atoms with van der Waals surface area (Å²) < 4.78 is 5.44. The smallest absolute Gasteiger partial charge is 0.270 e. The van der Waals surface area contributed by atoms with Crippen LogP contribution in [0.2, 0.25) is 0 Å². The zero-order valence-electron chi connectivity index (χ0n) is 17.5. The molecule has 3 aliphatic heterocycles. The van der Waals surface area contributed by atoms with Crippen molar-refractivity contribution in [1.82, 2.24) is 14.7 Å². The van der Waals surface area contributed by atoms with Crippen LogP contribution in [0.1, 0.15) is 46.4 Å². The van der Waals surface area contributed by atoms with Gasteiger partial charge in [-0.3, -0.25) is 34.2 Å². The second-order valence-corrected chi connectivity index (χ2v) is 8.06. The molecule has 0 N–H and O–H groups in total. The van der Waals surface area contributed by atoms with Gasteiger partial charge in [-0.2, -0.15) is 0 Å². The molecule has 1 aromatic rings. The molecule has 0 spiro atoms. The number of non-ortho nitro benzene ring substituents is 1. The molecule has 1 unspecified atom stereocenters. The van der Waals surface area contributed by atoms with Crippen LogP contribution in [-0.2, 0) is 14.3 Å². The highest BCUT2D eigenvalue weighted by molar-refractivity contribution is 6.21. The third kappa shape index (κ3) is 4.20. The molecule has 4 rings (SSSR count). The second kappa shape index (κ2) is 9.03. The Morgan fingerprint density at radius 2 is 1.75 bits per heavy atom. The topological polar surface area (TPSA) is 130 Å². The molecule has 3 heterocycles. The van der Waals surface area contributed by atoms with Gasteiger partial charge in [0.15, 0.2) is 0 Å². The van der Waals surface area contributed by atoms with Crippen LogP contribution < -0.4 is 0 Å². The predicted octanol–water partition coefficient (Wildman–Crippen LogP) is 0.821. The SMILES string of the molecule is O=C(CCCN1C(=O)c2ccc([N+](=O)[O-])cc2C1=O)N1CCN(C(=O)C2CCCO2)CC1. The normalized spacial score (nSPS) is 20.6. The molecule has 1 aromatic carbocycles. The van der Waals surface area contributed by atoms with Crippen LogP contribution in [0.25, 0.3) is 0 Å². The van der Waals surface area contributed by atoms with E-state index in [1.165, 1.54) is 12.1 Å². The molecule has 2 saturated heterocycles. The van der Waals surface area contributed by atoms with Gasteiger partial charge in [0, 0.05) is 57.9 Å². The number of amides is 4. The largest absolute Gasteiger partial charge is 0.368 e. The maximum Gasteiger partial charge on any atom is 0.270 e. The van der Waals surface area contributed by atoms with Gasteiger partial charge in [-0.05, 0) is 25.3 Å². The molecule has 2 fully saturated rings. The lowest BCUT2D eigenvalue weighted by molar-refractivity contribution is -0.384. The minimum absolute atomic E-state index is 0.0135. The van der Waals surface area contributed by atoms with E-state index in [4.69, 9.17) is 4.74 Å². The first-order valence-electron chi connectivity index (χ1n) is 10.7. The molecule has 11 nitrogen and oxygen atoms in total. The summed E-state index contributed by atoms with van der Waals surface area (Å²) in [5.74, 6) is -1.20. The Morgan fingerprint density at radius 1 is 1.06 bits per heavy atom. The number of carbonyl (C=O) groups excluding carboxylic acids is 4. The quantitative estimate of drug-likeness (QED) is 0.361. The number of rotatable bonds is 6. The number of piperazine rings is 1. The van der Waals surface area contributed by atoms with E-state index in [0.717, 1.165) is 23.8 Å². The molecule has 170 valence electrons. The van der Waals surface area contributed by atoms with Crippen LogP contribution in [0, 0.1) is 10.1 Å². The summed E-state index contributed by atoms with van der Waals surface area (Å²) in [4.78, 5) is 64.7. The van der Waals surface area contributed by atoms with Crippen molar-refractivity contribution in [2.24, 2.45) is 0 Å². The second-order valence-electron chi connectivity index (χ2n) is 8.06. The fourth-order valence-electron chi connectivity index (χ4n) is 4.29.